The molecule has 0 amide bonds. The summed E-state index contributed by atoms with van der Waals surface area (Å²) in [5.74, 6) is 0.698. The van der Waals surface area contributed by atoms with Crippen molar-refractivity contribution >= 4 is 49.0 Å². The Hall–Kier alpha value is -2.87. The highest BCUT2D eigenvalue weighted by molar-refractivity contribution is 9.10. The summed E-state index contributed by atoms with van der Waals surface area (Å²) in [7, 11) is -2.75. The second-order valence-electron chi connectivity index (χ2n) is 5.94. The highest BCUT2D eigenvalue weighted by Gasteiger charge is 2.20. The van der Waals surface area contributed by atoms with Crippen molar-refractivity contribution in [2.24, 2.45) is 0 Å². The van der Waals surface area contributed by atoms with Crippen LogP contribution in [0.15, 0.2) is 58.9 Å². The molecule has 0 radical (unpaired) electrons. The quantitative estimate of drug-likeness (QED) is 0.463. The third kappa shape index (κ3) is 4.81. The third-order valence-corrected chi connectivity index (χ3v) is 4.51. The molecule has 4 rings (SSSR count). The van der Waals surface area contributed by atoms with Crippen molar-refractivity contribution in [2.75, 3.05) is 11.9 Å². The fraction of sp³-hybridized carbons (Fsp3) is 0.176. The van der Waals surface area contributed by atoms with E-state index in [2.05, 4.69) is 43.4 Å². The number of hydrogen-bond acceptors (Lipinski definition) is 8. The molecule has 1 aliphatic rings. The SMILES string of the molecule is CCC1=C(NC)C=CC=CN1c1nc2ncc(Br)cc2n2cnnc12.O=S(=O)(O)O. The maximum atomic E-state index is 8.74. The highest BCUT2D eigenvalue weighted by Crippen LogP contribution is 2.29. The summed E-state index contributed by atoms with van der Waals surface area (Å²) < 4.78 is 34.4. The van der Waals surface area contributed by atoms with Gasteiger partial charge in [-0.15, -0.1) is 10.2 Å². The maximum Gasteiger partial charge on any atom is 0.394 e. The van der Waals surface area contributed by atoms with Gasteiger partial charge in [-0.05, 0) is 40.6 Å². The number of allylic oxidation sites excluding steroid dienone is 4. The summed E-state index contributed by atoms with van der Waals surface area (Å²) in [4.78, 5) is 11.3. The fourth-order valence-electron chi connectivity index (χ4n) is 2.95. The number of nitrogens with zero attached hydrogens (tertiary/aromatic N) is 6. The Morgan fingerprint density at radius 1 is 1.27 bits per heavy atom. The van der Waals surface area contributed by atoms with Crippen LogP contribution < -0.4 is 10.2 Å². The van der Waals surface area contributed by atoms with Gasteiger partial charge < -0.3 is 10.2 Å². The first-order valence-corrected chi connectivity index (χ1v) is 10.8. The van der Waals surface area contributed by atoms with Crippen molar-refractivity contribution in [3.8, 4) is 0 Å². The van der Waals surface area contributed by atoms with E-state index in [1.165, 1.54) is 0 Å². The van der Waals surface area contributed by atoms with E-state index in [1.807, 2.05) is 46.8 Å². The van der Waals surface area contributed by atoms with E-state index in [4.69, 9.17) is 22.5 Å². The van der Waals surface area contributed by atoms with E-state index >= 15 is 0 Å². The van der Waals surface area contributed by atoms with Gasteiger partial charge in [0, 0.05) is 29.6 Å². The van der Waals surface area contributed by atoms with Gasteiger partial charge in [0.2, 0.25) is 5.65 Å². The van der Waals surface area contributed by atoms with E-state index in [9.17, 15) is 0 Å². The molecule has 0 atom stereocenters. The van der Waals surface area contributed by atoms with Gasteiger partial charge in [-0.3, -0.25) is 13.5 Å². The van der Waals surface area contributed by atoms with Crippen LogP contribution in [0.25, 0.3) is 16.8 Å². The molecule has 0 unspecified atom stereocenters. The minimum absolute atomic E-state index is 0.637. The van der Waals surface area contributed by atoms with Crippen molar-refractivity contribution in [3.05, 3.63) is 58.9 Å². The second-order valence-corrected chi connectivity index (χ2v) is 7.75. The number of rotatable bonds is 3. The summed E-state index contributed by atoms with van der Waals surface area (Å²) >= 11 is 3.46. The molecule has 0 saturated carbocycles. The number of hydrogen-bond donors (Lipinski definition) is 3. The summed E-state index contributed by atoms with van der Waals surface area (Å²) in [5.41, 5.74) is 4.31. The zero-order valence-corrected chi connectivity index (χ0v) is 18.3. The fourth-order valence-corrected chi connectivity index (χ4v) is 3.27. The van der Waals surface area contributed by atoms with Crippen LogP contribution in [0, 0.1) is 0 Å². The number of likely N-dealkylation sites (N-methyl/N-ethyl adjacent to an activating group) is 1. The van der Waals surface area contributed by atoms with Crippen molar-refractivity contribution in [2.45, 2.75) is 13.3 Å². The molecule has 158 valence electrons. The second kappa shape index (κ2) is 8.87. The molecule has 4 heterocycles. The summed E-state index contributed by atoms with van der Waals surface area (Å²) in [6, 6.07) is 1.96. The average Bonchev–Trinajstić information content (AvgIpc) is 3.07. The zero-order valence-electron chi connectivity index (χ0n) is 15.9. The van der Waals surface area contributed by atoms with Gasteiger partial charge in [-0.25, -0.2) is 9.97 Å². The van der Waals surface area contributed by atoms with Crippen molar-refractivity contribution in [1.29, 1.82) is 0 Å². The minimum Gasteiger partial charge on any atom is -0.387 e. The molecular formula is C17H18BrN7O4S. The molecule has 0 bridgehead atoms. The van der Waals surface area contributed by atoms with Gasteiger partial charge in [-0.2, -0.15) is 8.42 Å². The van der Waals surface area contributed by atoms with E-state index < -0.39 is 10.4 Å². The van der Waals surface area contributed by atoms with Crippen LogP contribution >= 0.6 is 15.9 Å². The zero-order chi connectivity index (χ0) is 21.9. The molecule has 1 aliphatic heterocycles. The Kier molecular flexibility index (Phi) is 6.45. The van der Waals surface area contributed by atoms with Gasteiger partial charge >= 0.3 is 10.4 Å². The lowest BCUT2D eigenvalue weighted by Gasteiger charge is -2.24. The van der Waals surface area contributed by atoms with Gasteiger partial charge in [-0.1, -0.05) is 13.0 Å². The molecule has 0 fully saturated rings. The molecule has 3 aromatic rings. The van der Waals surface area contributed by atoms with Crippen LogP contribution in [-0.2, 0) is 10.4 Å². The van der Waals surface area contributed by atoms with Crippen LogP contribution in [-0.4, -0.2) is 49.1 Å². The van der Waals surface area contributed by atoms with Gasteiger partial charge in [0.25, 0.3) is 0 Å². The van der Waals surface area contributed by atoms with E-state index in [0.717, 1.165) is 27.8 Å². The predicted octanol–water partition coefficient (Wildman–Crippen LogP) is 2.51. The van der Waals surface area contributed by atoms with Crippen LogP contribution in [0.5, 0.6) is 0 Å². The van der Waals surface area contributed by atoms with E-state index in [-0.39, 0.29) is 0 Å². The number of halogens is 1. The molecular weight excluding hydrogens is 478 g/mol. The third-order valence-electron chi connectivity index (χ3n) is 4.08. The van der Waals surface area contributed by atoms with Gasteiger partial charge in [0.05, 0.1) is 11.2 Å². The summed E-state index contributed by atoms with van der Waals surface area (Å²) in [6.45, 7) is 2.12. The summed E-state index contributed by atoms with van der Waals surface area (Å²) in [5, 5.41) is 11.6. The number of pyridine rings is 1. The lowest BCUT2D eigenvalue weighted by Crippen LogP contribution is -2.22. The first-order valence-electron chi connectivity index (χ1n) is 8.62. The predicted molar refractivity (Wildman–Crippen MR) is 115 cm³/mol. The Balaban J connectivity index is 0.000000461. The van der Waals surface area contributed by atoms with Crippen LogP contribution in [0.1, 0.15) is 13.3 Å². The Labute approximate surface area is 180 Å². The van der Waals surface area contributed by atoms with Gasteiger partial charge in [0.15, 0.2) is 11.5 Å². The molecule has 0 saturated heterocycles. The number of fused-ring (bicyclic) bond motifs is 3. The highest BCUT2D eigenvalue weighted by atomic mass is 79.9. The smallest absolute Gasteiger partial charge is 0.387 e. The molecule has 3 N–H and O–H groups in total. The first kappa shape index (κ1) is 21.8. The number of aromatic nitrogens is 5. The topological polar surface area (TPSA) is 146 Å². The van der Waals surface area contributed by atoms with Crippen molar-refractivity contribution < 1.29 is 17.5 Å². The number of anilines is 1. The molecule has 0 spiro atoms. The Morgan fingerprint density at radius 2 is 2.00 bits per heavy atom. The minimum atomic E-state index is -4.67. The summed E-state index contributed by atoms with van der Waals surface area (Å²) in [6.07, 6.45) is 12.3. The largest absolute Gasteiger partial charge is 0.394 e. The lowest BCUT2D eigenvalue weighted by atomic mass is 10.2. The maximum absolute atomic E-state index is 8.74. The van der Waals surface area contributed by atoms with Gasteiger partial charge in [0.1, 0.15) is 6.33 Å². The monoisotopic (exact) mass is 495 g/mol. The normalized spacial score (nSPS) is 14.1. The Morgan fingerprint density at radius 3 is 2.67 bits per heavy atom. The number of nitrogens with one attached hydrogen (secondary N) is 1. The van der Waals surface area contributed by atoms with Crippen LogP contribution in [0.4, 0.5) is 5.82 Å². The molecule has 0 aliphatic carbocycles. The van der Waals surface area contributed by atoms with E-state index in [0.29, 0.717) is 17.1 Å². The van der Waals surface area contributed by atoms with Crippen LogP contribution in [0.3, 0.4) is 0 Å². The average molecular weight is 496 g/mol. The van der Waals surface area contributed by atoms with Crippen molar-refractivity contribution in [1.82, 2.24) is 29.9 Å². The molecule has 11 nitrogen and oxygen atoms in total. The van der Waals surface area contributed by atoms with Crippen LogP contribution in [0.2, 0.25) is 0 Å². The van der Waals surface area contributed by atoms with Crippen molar-refractivity contribution in [3.63, 3.8) is 0 Å². The first-order chi connectivity index (χ1) is 14.2. The molecule has 13 heteroatoms. The molecule has 3 aromatic heterocycles. The molecule has 30 heavy (non-hydrogen) atoms. The lowest BCUT2D eigenvalue weighted by molar-refractivity contribution is 0.381. The van der Waals surface area contributed by atoms with E-state index in [1.54, 1.807) is 12.5 Å². The Bertz CT molecular complexity index is 1280. The standard InChI is InChI=1S/C17H16BrN7.H2O4S/c1-3-13-12(19-2)6-4-5-7-24(13)16-17-23-21-10-25(17)14-8-11(18)9-20-15(14)22-16;1-5(2,3)4/h4-10,19H,3H2,1-2H3;(H2,1,2,3,4). The molecule has 0 aromatic carbocycles.